The molecule has 14 N–H and O–H groups in total. The van der Waals surface area contributed by atoms with Crippen LogP contribution in [0.1, 0.15) is 157 Å². The molecule has 2 aliphatic heterocycles. The van der Waals surface area contributed by atoms with Gasteiger partial charge in [0.1, 0.15) is 0 Å². The van der Waals surface area contributed by atoms with Crippen molar-refractivity contribution in [2.24, 2.45) is 0 Å². The van der Waals surface area contributed by atoms with Crippen LogP contribution in [0.5, 0.6) is 0 Å². The average Bonchev–Trinajstić information content (AvgIpc) is 3.43. The number of aliphatic carboxylic acids is 6. The van der Waals surface area contributed by atoms with Crippen LogP contribution in [-0.2, 0) is 38.4 Å². The van der Waals surface area contributed by atoms with E-state index in [1.165, 1.54) is 0 Å². The minimum Gasteiger partial charge on any atom is -0.481 e. The fourth-order valence-corrected chi connectivity index (χ4v) is 11.3. The predicted octanol–water partition coefficient (Wildman–Crippen LogP) is 3.39. The maximum Gasteiger partial charge on any atom is 0.303 e. The van der Waals surface area contributed by atoms with Gasteiger partial charge in [-0.3, -0.25) is 67.3 Å². The van der Waals surface area contributed by atoms with Gasteiger partial charge in [0.05, 0.1) is 0 Å². The van der Waals surface area contributed by atoms with Crippen molar-refractivity contribution in [1.29, 1.82) is 0 Å². The van der Waals surface area contributed by atoms with Crippen molar-refractivity contribution in [1.82, 2.24) is 20.4 Å². The number of carboxylic acid groups (broad SMARTS) is 6. The molecule has 7 rings (SSSR count). The van der Waals surface area contributed by atoms with Gasteiger partial charge in [0.2, 0.25) is 0 Å². The Morgan fingerprint density at radius 3 is 0.850 bits per heavy atom. The number of imide groups is 2. The lowest BCUT2D eigenvalue weighted by atomic mass is 9.82. The number of rotatable bonds is 32. The zero-order valence-electron chi connectivity index (χ0n) is 43.8. The Kier molecular flexibility index (Phi) is 18.1. The van der Waals surface area contributed by atoms with Gasteiger partial charge in [-0.15, -0.1) is 0 Å². The molecule has 0 bridgehead atoms. The van der Waals surface area contributed by atoms with Crippen molar-refractivity contribution in [2.75, 3.05) is 13.1 Å². The van der Waals surface area contributed by atoms with E-state index in [1.807, 2.05) is 0 Å². The van der Waals surface area contributed by atoms with Crippen molar-refractivity contribution < 1.29 is 99.6 Å². The average molecular weight is 1110 g/mol. The number of unbranched alkanes of at least 4 members (excludes halogenated alkanes) is 2. The summed E-state index contributed by atoms with van der Waals surface area (Å²) in [7, 11) is 0. The monoisotopic (exact) mass is 1110 g/mol. The van der Waals surface area contributed by atoms with Crippen molar-refractivity contribution >= 4 is 114 Å². The number of hydrogen-bond acceptors (Lipinski definition) is 12. The molecule has 24 heteroatoms. The van der Waals surface area contributed by atoms with Crippen LogP contribution in [-0.4, -0.2) is 148 Å². The second kappa shape index (κ2) is 24.6. The van der Waals surface area contributed by atoms with Crippen LogP contribution in [0.25, 0.3) is 43.1 Å². The van der Waals surface area contributed by atoms with Gasteiger partial charge in [-0.25, -0.2) is 0 Å². The van der Waals surface area contributed by atoms with Crippen molar-refractivity contribution in [3.63, 3.8) is 0 Å². The van der Waals surface area contributed by atoms with Gasteiger partial charge in [-0.05, 0) is 121 Å². The Morgan fingerprint density at radius 2 is 0.625 bits per heavy atom. The first-order valence-electron chi connectivity index (χ1n) is 26.4. The summed E-state index contributed by atoms with van der Waals surface area (Å²) in [5, 5.41) is 66.5. The molecule has 80 heavy (non-hydrogen) atoms. The third-order valence-corrected chi connectivity index (χ3v) is 15.6. The van der Waals surface area contributed by atoms with Crippen molar-refractivity contribution in [3.8, 4) is 0 Å². The highest BCUT2D eigenvalue weighted by molar-refractivity contribution is 6.41. The third kappa shape index (κ3) is 12.8. The Bertz CT molecular complexity index is 2940. The first-order chi connectivity index (χ1) is 37.9. The number of quaternary nitrogens is 2. The summed E-state index contributed by atoms with van der Waals surface area (Å²) in [6, 6.07) is 11.8. The molecule has 0 fully saturated rings. The number of nitrogens with one attached hydrogen (secondary N) is 2. The first-order valence-corrected chi connectivity index (χ1v) is 26.4. The molecule has 0 saturated heterocycles. The first kappa shape index (κ1) is 59.0. The normalized spacial score (nSPS) is 14.3. The van der Waals surface area contributed by atoms with E-state index in [9.17, 15) is 88.2 Å². The summed E-state index contributed by atoms with van der Waals surface area (Å²) in [5.41, 5.74) is 6.14. The minimum atomic E-state index is -1.43. The smallest absolute Gasteiger partial charge is 0.303 e. The summed E-state index contributed by atoms with van der Waals surface area (Å²) < 4.78 is 0. The van der Waals surface area contributed by atoms with Gasteiger partial charge in [-0.1, -0.05) is 24.3 Å². The lowest BCUT2D eigenvalue weighted by Gasteiger charge is -2.34. The molecule has 424 valence electrons. The SMILES string of the molecule is [NH3+][C@H](CCCCN1C(=O)c2ccc3c4ccc5c6c(ccc(c7ccc(c2c37)C1=O)c64)C(=O)N(CCCC[C@@H]([NH3+])C(=O)NC(CCC(=O)O)(CCC(=O)O)CCC(=O)O)C5=O)C(=O)NC(CCC(=O)O)(CCC(=O)O)CCC(=O)O. The molecule has 0 unspecified atom stereocenters. The molecule has 24 nitrogen and oxygen atoms in total. The van der Waals surface area contributed by atoms with E-state index in [4.69, 9.17) is 0 Å². The summed E-state index contributed by atoms with van der Waals surface area (Å²) in [6.07, 6.45) is -2.38. The molecule has 2 aliphatic rings. The summed E-state index contributed by atoms with van der Waals surface area (Å²) in [6.45, 7) is -0.0203. The zero-order valence-corrected chi connectivity index (χ0v) is 43.8. The van der Waals surface area contributed by atoms with Gasteiger partial charge in [0.25, 0.3) is 35.4 Å². The quantitative estimate of drug-likeness (QED) is 0.0128. The van der Waals surface area contributed by atoms with Crippen LogP contribution in [0, 0.1) is 0 Å². The van der Waals surface area contributed by atoms with Crippen LogP contribution < -0.4 is 22.1 Å². The Labute approximate surface area is 455 Å². The molecule has 0 saturated carbocycles. The molecule has 0 spiro atoms. The lowest BCUT2D eigenvalue weighted by Crippen LogP contribution is -2.69. The number of amides is 6. The molecule has 5 aromatic rings. The standard InChI is InChI=1S/C56H62N6O18/c57-37(49(75)59-55(21-15-39(63)64,22-16-40(65)66)23-17-41(67)68)5-1-3-27-61-51(77)33-11-7-29-31-9-13-35-48-36(14-10-32(46(31)48)30-8-12-34(52(61)78)47(33)45(29)30)54(80)62(53(35)79)28-4-2-6-38(58)50(76)60-56(24-18-42(69)70,25-19-43(71)72)26-20-44(73)74/h7-14,37-38H,1-6,15-28,57-58H2,(H,59,75)(H,60,76)(H,63,64)(H,65,66)(H,67,68)(H,69,70)(H,71,72)(H,73,74)/p+2/t37-,38-/m1/s1. The molecule has 0 aliphatic carbocycles. The van der Waals surface area contributed by atoms with Crippen LogP contribution >= 0.6 is 0 Å². The largest absolute Gasteiger partial charge is 0.481 e. The number of carbonyl (C=O) groups is 12. The van der Waals surface area contributed by atoms with Gasteiger partial charge >= 0.3 is 35.8 Å². The molecule has 5 aromatic carbocycles. The van der Waals surface area contributed by atoms with Crippen LogP contribution in [0.3, 0.4) is 0 Å². The number of carboxylic acids is 6. The second-order valence-electron chi connectivity index (χ2n) is 21.0. The van der Waals surface area contributed by atoms with Gasteiger partial charge < -0.3 is 52.7 Å². The minimum absolute atomic E-state index is 0.0101. The van der Waals surface area contributed by atoms with Crippen LogP contribution in [0.2, 0.25) is 0 Å². The molecule has 0 aromatic heterocycles. The Balaban J connectivity index is 1.03. The number of benzene rings is 5. The molecule has 2 atom stereocenters. The van der Waals surface area contributed by atoms with E-state index in [-0.39, 0.29) is 99.6 Å². The van der Waals surface area contributed by atoms with E-state index in [2.05, 4.69) is 22.1 Å². The van der Waals surface area contributed by atoms with Crippen molar-refractivity contribution in [3.05, 3.63) is 70.8 Å². The van der Waals surface area contributed by atoms with Gasteiger partial charge in [0, 0.05) is 109 Å². The fraction of sp³-hybridized carbons (Fsp3) is 0.429. The highest BCUT2D eigenvalue weighted by Gasteiger charge is 2.40. The van der Waals surface area contributed by atoms with E-state index in [1.54, 1.807) is 48.5 Å². The highest BCUT2D eigenvalue weighted by atomic mass is 16.4. The number of carbonyl (C=O) groups excluding carboxylic acids is 6. The maximum atomic E-state index is 14.2. The maximum absolute atomic E-state index is 14.2. The summed E-state index contributed by atoms with van der Waals surface area (Å²) >= 11 is 0. The molecule has 6 amide bonds. The topological polar surface area (TPSA) is 412 Å². The van der Waals surface area contributed by atoms with E-state index < -0.39 is 133 Å². The number of nitrogens with zero attached hydrogens (tertiary/aromatic N) is 2. The second-order valence-corrected chi connectivity index (χ2v) is 21.0. The fourth-order valence-electron chi connectivity index (χ4n) is 11.3. The highest BCUT2D eigenvalue weighted by Crippen LogP contribution is 2.46. The lowest BCUT2D eigenvalue weighted by molar-refractivity contribution is -0.405. The third-order valence-electron chi connectivity index (χ3n) is 15.6. The van der Waals surface area contributed by atoms with E-state index in [0.29, 0.717) is 55.9 Å². The molecule has 2 heterocycles. The summed E-state index contributed by atoms with van der Waals surface area (Å²) in [4.78, 5) is 155. The Hall–Kier alpha value is -8.64. The summed E-state index contributed by atoms with van der Waals surface area (Å²) in [5.74, 6) is -10.6. The predicted molar refractivity (Wildman–Crippen MR) is 282 cm³/mol. The van der Waals surface area contributed by atoms with Gasteiger partial charge in [-0.2, -0.15) is 0 Å². The van der Waals surface area contributed by atoms with Gasteiger partial charge in [0.15, 0.2) is 12.1 Å². The van der Waals surface area contributed by atoms with Crippen molar-refractivity contribution in [2.45, 2.75) is 139 Å². The van der Waals surface area contributed by atoms with E-state index in [0.717, 1.165) is 9.80 Å². The molecular weight excluding hydrogens is 1040 g/mol. The zero-order chi connectivity index (χ0) is 58.4. The number of hydrogen-bond donors (Lipinski definition) is 10. The molecule has 0 radical (unpaired) electrons. The Morgan fingerprint density at radius 1 is 0.388 bits per heavy atom. The molecular formula is C56H64N6O18+2. The van der Waals surface area contributed by atoms with E-state index >= 15 is 0 Å². The number of fused-ring (bicyclic) bond motifs is 2. The van der Waals surface area contributed by atoms with Crippen LogP contribution in [0.15, 0.2) is 48.5 Å². The van der Waals surface area contributed by atoms with Crippen LogP contribution in [0.4, 0.5) is 0 Å².